The molecule has 1 amide bonds. The van der Waals surface area contributed by atoms with Crippen molar-refractivity contribution in [2.45, 2.75) is 12.5 Å². The number of nitrogens with one attached hydrogen (secondary N) is 1. The van der Waals surface area contributed by atoms with E-state index in [4.69, 9.17) is 22.4 Å². The predicted molar refractivity (Wildman–Crippen MR) is 79.3 cm³/mol. The Kier molecular flexibility index (Phi) is 5.70. The van der Waals surface area contributed by atoms with Crippen LogP contribution in [0.2, 0.25) is 5.02 Å². The van der Waals surface area contributed by atoms with Crippen molar-refractivity contribution >= 4 is 39.0 Å². The average Bonchev–Trinajstić information content (AvgIpc) is 2.36. The smallest absolute Gasteiger partial charge is 0.337 e. The van der Waals surface area contributed by atoms with E-state index in [9.17, 15) is 18.0 Å². The van der Waals surface area contributed by atoms with E-state index in [-0.39, 0.29) is 28.4 Å². The second-order valence-electron chi connectivity index (χ2n) is 4.51. The molecule has 0 aliphatic carbocycles. The molecular weight excluding hydrogens is 320 g/mol. The van der Waals surface area contributed by atoms with Gasteiger partial charge in [-0.05, 0) is 24.6 Å². The Balaban J connectivity index is 2.81. The van der Waals surface area contributed by atoms with Crippen LogP contribution in [0.1, 0.15) is 16.8 Å². The lowest BCUT2D eigenvalue weighted by Crippen LogP contribution is -2.37. The zero-order chi connectivity index (χ0) is 16.2. The summed E-state index contributed by atoms with van der Waals surface area (Å²) in [5.41, 5.74) is 5.45. The topological polar surface area (TPSA) is 127 Å². The van der Waals surface area contributed by atoms with Gasteiger partial charge in [-0.1, -0.05) is 11.6 Å². The van der Waals surface area contributed by atoms with Crippen LogP contribution in [0, 0.1) is 0 Å². The zero-order valence-corrected chi connectivity index (χ0v) is 12.7. The number of hydrogen-bond acceptors (Lipinski definition) is 5. The Bertz CT molecular complexity index is 660. The van der Waals surface area contributed by atoms with Crippen molar-refractivity contribution < 1.29 is 23.1 Å². The fourth-order valence-corrected chi connectivity index (χ4v) is 2.35. The van der Waals surface area contributed by atoms with Gasteiger partial charge in [0.15, 0.2) is 0 Å². The van der Waals surface area contributed by atoms with Crippen LogP contribution in [0.4, 0.5) is 5.69 Å². The molecule has 0 fully saturated rings. The average molecular weight is 335 g/mol. The first kappa shape index (κ1) is 17.4. The van der Waals surface area contributed by atoms with Crippen molar-refractivity contribution in [3.05, 3.63) is 28.8 Å². The van der Waals surface area contributed by atoms with Crippen LogP contribution in [0.25, 0.3) is 0 Å². The molecule has 0 saturated heterocycles. The lowest BCUT2D eigenvalue weighted by molar-refractivity contribution is -0.117. The molecule has 9 heteroatoms. The lowest BCUT2D eigenvalue weighted by Gasteiger charge is -2.13. The maximum absolute atomic E-state index is 11.8. The second kappa shape index (κ2) is 6.88. The Morgan fingerprint density at radius 3 is 2.57 bits per heavy atom. The SMILES string of the molecule is CS(=O)(=O)CCC(N)C(=O)Nc1ccc(Cl)cc1C(=O)O. The third-order valence-corrected chi connectivity index (χ3v) is 3.82. The fourth-order valence-electron chi connectivity index (χ4n) is 1.50. The minimum atomic E-state index is -3.22. The first-order valence-corrected chi connectivity index (χ1v) is 8.31. The standard InChI is InChI=1S/C12H15ClN2O5S/c1-21(19,20)5-4-9(14)11(16)15-10-3-2-7(13)6-8(10)12(17)18/h2-3,6,9H,4-5,14H2,1H3,(H,15,16)(H,17,18). The summed E-state index contributed by atoms with van der Waals surface area (Å²) in [6.45, 7) is 0. The van der Waals surface area contributed by atoms with Gasteiger partial charge in [-0.15, -0.1) is 0 Å². The normalized spacial score (nSPS) is 12.7. The molecule has 0 heterocycles. The number of rotatable bonds is 6. The first-order chi connectivity index (χ1) is 9.60. The van der Waals surface area contributed by atoms with Gasteiger partial charge in [0, 0.05) is 11.3 Å². The molecular formula is C12H15ClN2O5S. The highest BCUT2D eigenvalue weighted by Gasteiger charge is 2.19. The molecule has 1 unspecified atom stereocenters. The number of benzene rings is 1. The number of carboxylic acids is 1. The van der Waals surface area contributed by atoms with E-state index in [1.807, 2.05) is 0 Å². The van der Waals surface area contributed by atoms with E-state index in [0.717, 1.165) is 6.26 Å². The molecule has 1 rings (SSSR count). The van der Waals surface area contributed by atoms with Crippen molar-refractivity contribution in [2.24, 2.45) is 5.73 Å². The molecule has 0 spiro atoms. The molecule has 0 saturated carbocycles. The van der Waals surface area contributed by atoms with Gasteiger partial charge >= 0.3 is 5.97 Å². The number of sulfone groups is 1. The minimum Gasteiger partial charge on any atom is -0.478 e. The highest BCUT2D eigenvalue weighted by molar-refractivity contribution is 7.90. The first-order valence-electron chi connectivity index (χ1n) is 5.87. The minimum absolute atomic E-state index is 0.0479. The van der Waals surface area contributed by atoms with E-state index in [1.54, 1.807) is 0 Å². The van der Waals surface area contributed by atoms with Crippen LogP contribution in [-0.2, 0) is 14.6 Å². The van der Waals surface area contributed by atoms with Gasteiger partial charge in [-0.25, -0.2) is 13.2 Å². The predicted octanol–water partition coefficient (Wildman–Crippen LogP) is 0.739. The molecule has 0 radical (unpaired) electrons. The van der Waals surface area contributed by atoms with Crippen LogP contribution in [0.5, 0.6) is 0 Å². The Hall–Kier alpha value is -1.64. The van der Waals surface area contributed by atoms with E-state index in [1.165, 1.54) is 18.2 Å². The molecule has 0 bridgehead atoms. The molecule has 0 aromatic heterocycles. The lowest BCUT2D eigenvalue weighted by atomic mass is 10.1. The maximum Gasteiger partial charge on any atom is 0.337 e. The summed E-state index contributed by atoms with van der Waals surface area (Å²) >= 11 is 5.69. The van der Waals surface area contributed by atoms with Crippen LogP contribution in [-0.4, -0.2) is 43.5 Å². The van der Waals surface area contributed by atoms with Gasteiger partial charge in [-0.2, -0.15) is 0 Å². The molecule has 4 N–H and O–H groups in total. The largest absolute Gasteiger partial charge is 0.478 e. The molecule has 21 heavy (non-hydrogen) atoms. The van der Waals surface area contributed by atoms with Crippen LogP contribution in [0.3, 0.4) is 0 Å². The van der Waals surface area contributed by atoms with E-state index in [2.05, 4.69) is 5.32 Å². The second-order valence-corrected chi connectivity index (χ2v) is 7.21. The molecule has 1 aromatic carbocycles. The number of nitrogens with two attached hydrogens (primary N) is 1. The summed E-state index contributed by atoms with van der Waals surface area (Å²) in [5.74, 6) is -2.14. The van der Waals surface area contributed by atoms with Gasteiger partial charge in [0.25, 0.3) is 0 Å². The monoisotopic (exact) mass is 334 g/mol. The highest BCUT2D eigenvalue weighted by Crippen LogP contribution is 2.21. The molecule has 1 aromatic rings. The number of carboxylic acid groups (broad SMARTS) is 1. The maximum atomic E-state index is 11.8. The Labute approximate surface area is 127 Å². The zero-order valence-electron chi connectivity index (χ0n) is 11.2. The van der Waals surface area contributed by atoms with E-state index >= 15 is 0 Å². The number of aromatic carboxylic acids is 1. The highest BCUT2D eigenvalue weighted by atomic mass is 35.5. The number of anilines is 1. The van der Waals surface area contributed by atoms with Gasteiger partial charge in [0.1, 0.15) is 9.84 Å². The van der Waals surface area contributed by atoms with Gasteiger partial charge in [0.05, 0.1) is 23.0 Å². The number of hydrogen-bond donors (Lipinski definition) is 3. The quantitative estimate of drug-likeness (QED) is 0.704. The van der Waals surface area contributed by atoms with Crippen molar-refractivity contribution in [1.82, 2.24) is 0 Å². The van der Waals surface area contributed by atoms with Crippen LogP contribution < -0.4 is 11.1 Å². The summed E-state index contributed by atoms with van der Waals surface area (Å²) in [7, 11) is -3.22. The number of amides is 1. The molecule has 0 aliphatic heterocycles. The van der Waals surface area contributed by atoms with Crippen molar-refractivity contribution in [3.8, 4) is 0 Å². The molecule has 1 atom stereocenters. The third-order valence-electron chi connectivity index (χ3n) is 2.61. The number of carbonyl (C=O) groups excluding carboxylic acids is 1. The summed E-state index contributed by atoms with van der Waals surface area (Å²) in [5, 5.41) is 11.6. The van der Waals surface area contributed by atoms with E-state index in [0.29, 0.717) is 0 Å². The summed E-state index contributed by atoms with van der Waals surface area (Å²) in [4.78, 5) is 22.9. The summed E-state index contributed by atoms with van der Waals surface area (Å²) in [6, 6.07) is 2.90. The molecule has 116 valence electrons. The van der Waals surface area contributed by atoms with Crippen molar-refractivity contribution in [3.63, 3.8) is 0 Å². The molecule has 7 nitrogen and oxygen atoms in total. The van der Waals surface area contributed by atoms with Crippen molar-refractivity contribution in [1.29, 1.82) is 0 Å². The summed E-state index contributed by atoms with van der Waals surface area (Å²) in [6.07, 6.45) is 0.986. The van der Waals surface area contributed by atoms with E-state index < -0.39 is 27.8 Å². The van der Waals surface area contributed by atoms with Crippen LogP contribution in [0.15, 0.2) is 18.2 Å². The summed E-state index contributed by atoms with van der Waals surface area (Å²) < 4.78 is 22.0. The third kappa shape index (κ3) is 5.70. The number of halogens is 1. The fraction of sp³-hybridized carbons (Fsp3) is 0.333. The molecule has 0 aliphatic rings. The van der Waals surface area contributed by atoms with Crippen molar-refractivity contribution in [2.75, 3.05) is 17.3 Å². The number of carbonyl (C=O) groups is 2. The van der Waals surface area contributed by atoms with Gasteiger partial charge < -0.3 is 16.2 Å². The van der Waals surface area contributed by atoms with Gasteiger partial charge in [-0.3, -0.25) is 4.79 Å². The Morgan fingerprint density at radius 1 is 1.43 bits per heavy atom. The van der Waals surface area contributed by atoms with Crippen LogP contribution >= 0.6 is 11.6 Å². The Morgan fingerprint density at radius 2 is 2.05 bits per heavy atom. The van der Waals surface area contributed by atoms with Gasteiger partial charge in [0.2, 0.25) is 5.91 Å².